The molecule has 0 aliphatic heterocycles. The Morgan fingerprint density at radius 1 is 1.15 bits per heavy atom. The van der Waals surface area contributed by atoms with Crippen LogP contribution in [0.25, 0.3) is 11.5 Å². The molecule has 15 heteroatoms. The highest BCUT2D eigenvalue weighted by Crippen LogP contribution is 2.67. The highest BCUT2D eigenvalue weighted by atomic mass is 19.4. The van der Waals surface area contributed by atoms with Crippen LogP contribution in [0.15, 0.2) is 16.8 Å². The lowest BCUT2D eigenvalue weighted by Gasteiger charge is -2.68. The maximum atomic E-state index is 12.5. The van der Waals surface area contributed by atoms with E-state index in [0.29, 0.717) is 25.2 Å². The third kappa shape index (κ3) is 4.62. The van der Waals surface area contributed by atoms with Gasteiger partial charge in [0.1, 0.15) is 13.2 Å². The SMILES string of the molecule is O=C(COC1CC(OC(F)(F)F)C1)NC12CC(c3nnc(-c4cnn(CC(F)(F)F)c4)o3)(C1)C2. The molecule has 6 rings (SSSR count). The molecule has 0 aromatic carbocycles. The van der Waals surface area contributed by atoms with Gasteiger partial charge in [0.25, 0.3) is 5.89 Å². The van der Waals surface area contributed by atoms with Crippen LogP contribution in [0.4, 0.5) is 26.3 Å². The number of halogens is 6. The zero-order valence-electron chi connectivity index (χ0n) is 17.4. The van der Waals surface area contributed by atoms with Crippen LogP contribution < -0.4 is 5.32 Å². The van der Waals surface area contributed by atoms with Crippen molar-refractivity contribution in [3.05, 3.63) is 18.3 Å². The molecule has 2 bridgehead atoms. The quantitative estimate of drug-likeness (QED) is 0.562. The number of nitrogens with zero attached hydrogens (tertiary/aromatic N) is 4. The molecule has 1 N–H and O–H groups in total. The van der Waals surface area contributed by atoms with E-state index in [9.17, 15) is 31.1 Å². The summed E-state index contributed by atoms with van der Waals surface area (Å²) in [6.07, 6.45) is -6.24. The summed E-state index contributed by atoms with van der Waals surface area (Å²) in [6.45, 7) is -1.49. The third-order valence-corrected chi connectivity index (χ3v) is 6.34. The number of nitrogens with one attached hydrogen (secondary N) is 1. The lowest BCUT2D eigenvalue weighted by Crippen LogP contribution is -2.77. The first-order valence-electron chi connectivity index (χ1n) is 10.4. The van der Waals surface area contributed by atoms with Crippen LogP contribution in [0.1, 0.15) is 38.0 Å². The Kier molecular flexibility index (Phi) is 5.20. The van der Waals surface area contributed by atoms with Gasteiger partial charge in [0, 0.05) is 24.6 Å². The molecule has 0 unspecified atom stereocenters. The van der Waals surface area contributed by atoms with Crippen molar-refractivity contribution in [2.45, 2.75) is 74.3 Å². The first kappa shape index (κ1) is 23.1. The summed E-state index contributed by atoms with van der Waals surface area (Å²) in [4.78, 5) is 12.2. The van der Waals surface area contributed by atoms with Crippen molar-refractivity contribution in [1.29, 1.82) is 0 Å². The standard InChI is InChI=1S/C19H19F6N5O4/c20-18(21,22)9-30-4-10(3-26-30)14-28-29-15(33-14)16-6-17(7-16,8-16)27-13(31)5-32-11-1-12(2-11)34-19(23,24)25/h3-4,11-12H,1-2,5-9H2,(H,27,31). The molecule has 2 aromatic rings. The Labute approximate surface area is 187 Å². The van der Waals surface area contributed by atoms with E-state index in [2.05, 4.69) is 25.3 Å². The zero-order chi connectivity index (χ0) is 24.4. The fraction of sp³-hybridized carbons (Fsp3) is 0.684. The maximum Gasteiger partial charge on any atom is 0.522 e. The molecule has 0 saturated heterocycles. The van der Waals surface area contributed by atoms with Gasteiger partial charge in [0.2, 0.25) is 11.8 Å². The fourth-order valence-electron chi connectivity index (χ4n) is 4.91. The molecule has 1 amide bonds. The van der Waals surface area contributed by atoms with Crippen LogP contribution in [0.3, 0.4) is 0 Å². The van der Waals surface area contributed by atoms with Gasteiger partial charge in [-0.1, -0.05) is 0 Å². The Morgan fingerprint density at radius 3 is 2.50 bits per heavy atom. The summed E-state index contributed by atoms with van der Waals surface area (Å²) in [5.41, 5.74) is -0.542. The van der Waals surface area contributed by atoms with Gasteiger partial charge >= 0.3 is 12.5 Å². The second-order valence-corrected chi connectivity index (χ2v) is 9.18. The van der Waals surface area contributed by atoms with Gasteiger partial charge in [-0.2, -0.15) is 18.3 Å². The predicted molar refractivity (Wildman–Crippen MR) is 97.9 cm³/mol. The third-order valence-electron chi connectivity index (χ3n) is 6.34. The summed E-state index contributed by atoms with van der Waals surface area (Å²) in [5, 5.41) is 14.5. The van der Waals surface area contributed by atoms with Crippen molar-refractivity contribution < 1.29 is 45.0 Å². The van der Waals surface area contributed by atoms with Gasteiger partial charge < -0.3 is 14.5 Å². The molecule has 0 atom stereocenters. The topological polar surface area (TPSA) is 104 Å². The molecule has 2 heterocycles. The van der Waals surface area contributed by atoms with E-state index < -0.39 is 42.2 Å². The second kappa shape index (κ2) is 7.66. The largest absolute Gasteiger partial charge is 0.522 e. The molecular formula is C19H19F6N5O4. The number of rotatable bonds is 8. The van der Waals surface area contributed by atoms with Crippen LogP contribution >= 0.6 is 0 Å². The van der Waals surface area contributed by atoms with Gasteiger partial charge in [-0.3, -0.25) is 14.2 Å². The Hall–Kier alpha value is -2.68. The lowest BCUT2D eigenvalue weighted by molar-refractivity contribution is -0.357. The van der Waals surface area contributed by atoms with Crippen LogP contribution in [-0.4, -0.2) is 62.8 Å². The molecule has 4 aliphatic carbocycles. The molecule has 2 aromatic heterocycles. The fourth-order valence-corrected chi connectivity index (χ4v) is 4.91. The molecule has 4 fully saturated rings. The van der Waals surface area contributed by atoms with Crippen LogP contribution in [0, 0.1) is 0 Å². The number of carbonyl (C=O) groups excluding carboxylic acids is 1. The van der Waals surface area contributed by atoms with Crippen molar-refractivity contribution in [1.82, 2.24) is 25.3 Å². The van der Waals surface area contributed by atoms with E-state index in [1.165, 1.54) is 12.4 Å². The number of aromatic nitrogens is 4. The summed E-state index contributed by atoms with van der Waals surface area (Å²) in [5.74, 6) is 0.0494. The van der Waals surface area contributed by atoms with Gasteiger partial charge in [-0.25, -0.2) is 0 Å². The normalized spacial score (nSPS) is 30.3. The highest BCUT2D eigenvalue weighted by molar-refractivity contribution is 5.79. The van der Waals surface area contributed by atoms with Crippen molar-refractivity contribution in [2.24, 2.45) is 0 Å². The first-order valence-corrected chi connectivity index (χ1v) is 10.4. The van der Waals surface area contributed by atoms with E-state index in [1.54, 1.807) is 0 Å². The van der Waals surface area contributed by atoms with Crippen molar-refractivity contribution in [2.75, 3.05) is 6.61 Å². The minimum atomic E-state index is -4.68. The van der Waals surface area contributed by atoms with Gasteiger partial charge in [-0.05, 0) is 19.3 Å². The van der Waals surface area contributed by atoms with Crippen LogP contribution in [0.5, 0.6) is 0 Å². The lowest BCUT2D eigenvalue weighted by atomic mass is 9.39. The number of amides is 1. The van der Waals surface area contributed by atoms with Crippen LogP contribution in [0.2, 0.25) is 0 Å². The summed E-state index contributed by atoms with van der Waals surface area (Å²) in [7, 11) is 0. The summed E-state index contributed by atoms with van der Waals surface area (Å²) < 4.78 is 89.4. The van der Waals surface area contributed by atoms with Crippen molar-refractivity contribution in [3.8, 4) is 11.5 Å². The van der Waals surface area contributed by atoms with Gasteiger partial charge in [0.15, 0.2) is 0 Å². The molecule has 34 heavy (non-hydrogen) atoms. The minimum absolute atomic E-state index is 0.0629. The average molecular weight is 495 g/mol. The Balaban J connectivity index is 1.07. The first-order chi connectivity index (χ1) is 15.8. The van der Waals surface area contributed by atoms with Crippen molar-refractivity contribution in [3.63, 3.8) is 0 Å². The number of hydrogen-bond acceptors (Lipinski definition) is 7. The predicted octanol–water partition coefficient (Wildman–Crippen LogP) is 2.87. The van der Waals surface area contributed by atoms with E-state index in [0.717, 1.165) is 4.68 Å². The highest BCUT2D eigenvalue weighted by Gasteiger charge is 2.71. The maximum absolute atomic E-state index is 12.5. The number of carbonyl (C=O) groups is 1. The number of hydrogen-bond donors (Lipinski definition) is 1. The van der Waals surface area contributed by atoms with Crippen molar-refractivity contribution >= 4 is 5.91 Å². The molecule has 9 nitrogen and oxygen atoms in total. The Bertz CT molecular complexity index is 1050. The molecule has 0 spiro atoms. The molecule has 0 radical (unpaired) electrons. The second-order valence-electron chi connectivity index (χ2n) is 9.18. The van der Waals surface area contributed by atoms with Crippen LogP contribution in [-0.2, 0) is 26.2 Å². The number of ether oxygens (including phenoxy) is 2. The van der Waals surface area contributed by atoms with E-state index >= 15 is 0 Å². The molecule has 4 aliphatic rings. The Morgan fingerprint density at radius 2 is 1.85 bits per heavy atom. The molecular weight excluding hydrogens is 476 g/mol. The molecule has 186 valence electrons. The molecule has 4 saturated carbocycles. The van der Waals surface area contributed by atoms with Gasteiger partial charge in [-0.15, -0.1) is 23.4 Å². The summed E-state index contributed by atoms with van der Waals surface area (Å²) >= 11 is 0. The monoisotopic (exact) mass is 495 g/mol. The average Bonchev–Trinajstić information content (AvgIpc) is 3.25. The summed E-state index contributed by atoms with van der Waals surface area (Å²) in [6, 6.07) is 0. The zero-order valence-corrected chi connectivity index (χ0v) is 17.4. The number of alkyl halides is 6. The smallest absolute Gasteiger partial charge is 0.420 e. The minimum Gasteiger partial charge on any atom is -0.420 e. The van der Waals surface area contributed by atoms with E-state index in [-0.39, 0.29) is 36.8 Å². The van der Waals surface area contributed by atoms with E-state index in [4.69, 9.17) is 9.15 Å². The van der Waals surface area contributed by atoms with Gasteiger partial charge in [0.05, 0.1) is 29.4 Å². The van der Waals surface area contributed by atoms with E-state index in [1.807, 2.05) is 0 Å².